The molecule has 0 spiro atoms. The Morgan fingerprint density at radius 1 is 0.426 bits per heavy atom. The van der Waals surface area contributed by atoms with Gasteiger partial charge in [0.1, 0.15) is 0 Å². The first kappa shape index (κ1) is 33.1. The quantitative estimate of drug-likeness (QED) is 0.166. The summed E-state index contributed by atoms with van der Waals surface area (Å²) in [6.07, 6.45) is 0. The van der Waals surface area contributed by atoms with Crippen LogP contribution in [-0.2, 0) is 0 Å². The number of aryl methyl sites for hydroxylation is 4. The van der Waals surface area contributed by atoms with E-state index in [2.05, 4.69) is 207 Å². The smallest absolute Gasteiger partial charge is 0.160 e. The van der Waals surface area contributed by atoms with Crippen molar-refractivity contribution < 1.29 is 0 Å². The molecule has 0 aliphatic carbocycles. The summed E-state index contributed by atoms with van der Waals surface area (Å²) in [7, 11) is 0. The van der Waals surface area contributed by atoms with Crippen LogP contribution < -0.4 is 4.90 Å². The lowest BCUT2D eigenvalue weighted by Gasteiger charge is -2.26. The molecule has 0 fully saturated rings. The Kier molecular flexibility index (Phi) is 8.36. The van der Waals surface area contributed by atoms with E-state index in [-0.39, 0.29) is 0 Å². The molecule has 0 saturated heterocycles. The van der Waals surface area contributed by atoms with Crippen molar-refractivity contribution in [3.8, 4) is 39.6 Å². The number of nitrogens with zero attached hydrogens (tertiary/aromatic N) is 4. The summed E-state index contributed by atoms with van der Waals surface area (Å²) in [5.41, 5.74) is 16.6. The molecular weight excluding hydrogens is 657 g/mol. The van der Waals surface area contributed by atoms with Gasteiger partial charge in [-0.3, -0.25) is 0 Å². The first-order valence-electron chi connectivity index (χ1n) is 18.5. The molecule has 0 aliphatic heterocycles. The monoisotopic (exact) mass is 696 g/mol. The van der Waals surface area contributed by atoms with Crippen LogP contribution in [0.15, 0.2) is 170 Å². The second kappa shape index (κ2) is 13.6. The Labute approximate surface area is 316 Å². The van der Waals surface area contributed by atoms with Crippen LogP contribution in [0.5, 0.6) is 0 Å². The lowest BCUT2D eigenvalue weighted by Crippen LogP contribution is -2.09. The highest BCUT2D eigenvalue weighted by molar-refractivity contribution is 6.10. The first-order chi connectivity index (χ1) is 26.4. The molecule has 54 heavy (non-hydrogen) atoms. The van der Waals surface area contributed by atoms with Crippen molar-refractivity contribution in [2.75, 3.05) is 4.90 Å². The van der Waals surface area contributed by atoms with Crippen molar-refractivity contribution in [3.63, 3.8) is 0 Å². The van der Waals surface area contributed by atoms with E-state index >= 15 is 0 Å². The summed E-state index contributed by atoms with van der Waals surface area (Å²) in [6, 6.07) is 60.8. The molecule has 0 unspecified atom stereocenters. The van der Waals surface area contributed by atoms with Crippen LogP contribution in [0, 0.1) is 27.7 Å². The van der Waals surface area contributed by atoms with Crippen LogP contribution >= 0.6 is 0 Å². The first-order valence-corrected chi connectivity index (χ1v) is 18.5. The molecule has 0 saturated carbocycles. The zero-order chi connectivity index (χ0) is 36.8. The molecule has 2 heterocycles. The minimum atomic E-state index is 0.733. The van der Waals surface area contributed by atoms with E-state index in [1.807, 2.05) is 0 Å². The average Bonchev–Trinajstić information content (AvgIpc) is 3.53. The molecular formula is C50H40N4. The third-order valence-electron chi connectivity index (χ3n) is 10.5. The number of fused-ring (bicyclic) bond motifs is 3. The number of hydrogen-bond acceptors (Lipinski definition) is 3. The fourth-order valence-electron chi connectivity index (χ4n) is 7.53. The fraction of sp³-hybridized carbons (Fsp3) is 0.0800. The Morgan fingerprint density at radius 3 is 1.61 bits per heavy atom. The van der Waals surface area contributed by atoms with Crippen LogP contribution in [0.2, 0.25) is 0 Å². The van der Waals surface area contributed by atoms with Crippen molar-refractivity contribution in [3.05, 3.63) is 192 Å². The summed E-state index contributed by atoms with van der Waals surface area (Å²) in [6.45, 7) is 8.51. The SMILES string of the molecule is Cc1ccc(N(c2ccc(C)cc2)c2ccc3c(c2)c2ccccc2n3-c2ccc(-c3cc(-c4ccccc4C)nc(-c4ccccc4C)n3)cc2)cc1. The Hall–Kier alpha value is -6.78. The summed E-state index contributed by atoms with van der Waals surface area (Å²) < 4.78 is 2.37. The molecule has 7 aromatic carbocycles. The summed E-state index contributed by atoms with van der Waals surface area (Å²) in [5, 5.41) is 2.42. The zero-order valence-electron chi connectivity index (χ0n) is 31.0. The molecule has 9 rings (SSSR count). The molecule has 0 bridgehead atoms. The van der Waals surface area contributed by atoms with Crippen molar-refractivity contribution >= 4 is 38.9 Å². The molecule has 0 radical (unpaired) electrons. The highest BCUT2D eigenvalue weighted by Gasteiger charge is 2.18. The van der Waals surface area contributed by atoms with Gasteiger partial charge in [-0.15, -0.1) is 0 Å². The van der Waals surface area contributed by atoms with E-state index in [4.69, 9.17) is 9.97 Å². The molecule has 0 amide bonds. The highest BCUT2D eigenvalue weighted by Crippen LogP contribution is 2.40. The molecule has 0 atom stereocenters. The molecule has 260 valence electrons. The summed E-state index contributed by atoms with van der Waals surface area (Å²) in [4.78, 5) is 12.6. The summed E-state index contributed by atoms with van der Waals surface area (Å²) >= 11 is 0. The van der Waals surface area contributed by atoms with Crippen LogP contribution in [-0.4, -0.2) is 14.5 Å². The average molecular weight is 697 g/mol. The number of hydrogen-bond donors (Lipinski definition) is 0. The van der Waals surface area contributed by atoms with Crippen LogP contribution in [0.3, 0.4) is 0 Å². The minimum Gasteiger partial charge on any atom is -0.310 e. The predicted molar refractivity (Wildman–Crippen MR) is 226 cm³/mol. The van der Waals surface area contributed by atoms with E-state index in [9.17, 15) is 0 Å². The van der Waals surface area contributed by atoms with E-state index in [1.165, 1.54) is 33.0 Å². The molecule has 9 aromatic rings. The number of benzene rings is 7. The Balaban J connectivity index is 1.16. The van der Waals surface area contributed by atoms with Crippen LogP contribution in [0.25, 0.3) is 61.4 Å². The molecule has 0 aliphatic rings. The second-order valence-electron chi connectivity index (χ2n) is 14.2. The fourth-order valence-corrected chi connectivity index (χ4v) is 7.53. The normalized spacial score (nSPS) is 11.3. The number of rotatable bonds is 7. The minimum absolute atomic E-state index is 0.733. The molecule has 4 nitrogen and oxygen atoms in total. The van der Waals surface area contributed by atoms with Gasteiger partial charge in [0.05, 0.1) is 22.4 Å². The van der Waals surface area contributed by atoms with Gasteiger partial charge in [0.2, 0.25) is 0 Å². The van der Waals surface area contributed by atoms with Crippen molar-refractivity contribution in [1.82, 2.24) is 14.5 Å². The maximum atomic E-state index is 5.15. The Morgan fingerprint density at radius 2 is 0.963 bits per heavy atom. The largest absolute Gasteiger partial charge is 0.310 e. The van der Waals surface area contributed by atoms with E-state index in [0.29, 0.717) is 0 Å². The van der Waals surface area contributed by atoms with E-state index < -0.39 is 0 Å². The van der Waals surface area contributed by atoms with Crippen LogP contribution in [0.1, 0.15) is 22.3 Å². The van der Waals surface area contributed by atoms with Crippen LogP contribution in [0.4, 0.5) is 17.1 Å². The maximum Gasteiger partial charge on any atom is 0.160 e. The number of aromatic nitrogens is 3. The number of anilines is 3. The van der Waals surface area contributed by atoms with Gasteiger partial charge in [-0.25, -0.2) is 9.97 Å². The maximum absolute atomic E-state index is 5.15. The van der Waals surface area contributed by atoms with Gasteiger partial charge in [-0.2, -0.15) is 0 Å². The van der Waals surface area contributed by atoms with Crippen molar-refractivity contribution in [1.29, 1.82) is 0 Å². The third-order valence-corrected chi connectivity index (χ3v) is 10.5. The van der Waals surface area contributed by atoms with Gasteiger partial charge >= 0.3 is 0 Å². The lowest BCUT2D eigenvalue weighted by molar-refractivity contribution is 1.16. The standard InChI is InChI=1S/C50H40N4/c1-33-17-23-38(24-18-33)53(39-25-19-34(2)20-26-39)41-29-30-49-45(31-41)44-15-9-10-16-48(44)54(49)40-27-21-37(22-28-40)46-32-47(42-13-7-5-11-35(42)3)52-50(51-46)43-14-8-6-12-36(43)4/h5-32H,1-4H3. The number of para-hydroxylation sites is 1. The van der Waals surface area contributed by atoms with Crippen molar-refractivity contribution in [2.24, 2.45) is 0 Å². The molecule has 2 aromatic heterocycles. The van der Waals surface area contributed by atoms with Gasteiger partial charge in [-0.1, -0.05) is 114 Å². The van der Waals surface area contributed by atoms with Gasteiger partial charge in [0, 0.05) is 50.2 Å². The van der Waals surface area contributed by atoms with Gasteiger partial charge < -0.3 is 9.47 Å². The van der Waals surface area contributed by atoms with E-state index in [0.717, 1.165) is 67.7 Å². The molecule has 0 N–H and O–H groups in total. The summed E-state index contributed by atoms with van der Waals surface area (Å²) in [5.74, 6) is 0.733. The highest BCUT2D eigenvalue weighted by atomic mass is 15.1. The topological polar surface area (TPSA) is 34.0 Å². The van der Waals surface area contributed by atoms with E-state index in [1.54, 1.807) is 0 Å². The Bertz CT molecular complexity index is 2680. The van der Waals surface area contributed by atoms with Gasteiger partial charge in [0.15, 0.2) is 5.82 Å². The second-order valence-corrected chi connectivity index (χ2v) is 14.2. The van der Waals surface area contributed by atoms with Crippen molar-refractivity contribution in [2.45, 2.75) is 27.7 Å². The van der Waals surface area contributed by atoms with Gasteiger partial charge in [-0.05, 0) is 106 Å². The predicted octanol–water partition coefficient (Wildman–Crippen LogP) is 13.3. The third kappa shape index (κ3) is 6.02. The lowest BCUT2D eigenvalue weighted by atomic mass is 10.0. The zero-order valence-corrected chi connectivity index (χ0v) is 31.0. The molecule has 4 heteroatoms. The van der Waals surface area contributed by atoms with Gasteiger partial charge in [0.25, 0.3) is 0 Å².